The van der Waals surface area contributed by atoms with Crippen LogP contribution in [0.5, 0.6) is 0 Å². The second-order valence-corrected chi connectivity index (χ2v) is 1.64. The van der Waals surface area contributed by atoms with Crippen LogP contribution in [0, 0.1) is 0 Å². The van der Waals surface area contributed by atoms with Crippen LogP contribution in [0.3, 0.4) is 0 Å². The molecule has 1 aliphatic rings. The minimum Gasteiger partial charge on any atom is -0.377 e. The quantitative estimate of drug-likeness (QED) is 0.474. The second-order valence-electron chi connectivity index (χ2n) is 1.64. The van der Waals surface area contributed by atoms with Gasteiger partial charge in [0.2, 0.25) is 0 Å². The summed E-state index contributed by atoms with van der Waals surface area (Å²) in [6.45, 7) is 1.42. The summed E-state index contributed by atoms with van der Waals surface area (Å²) in [4.78, 5) is 0. The molecule has 3 nitrogen and oxygen atoms in total. The first kappa shape index (κ1) is 5.03. The molecule has 0 radical (unpaired) electrons. The average molecular weight is 103 g/mol. The van der Waals surface area contributed by atoms with Gasteiger partial charge in [0.25, 0.3) is 0 Å². The van der Waals surface area contributed by atoms with E-state index in [2.05, 4.69) is 0 Å². The number of rotatable bonds is 2. The standard InChI is InChI=1S/C4H9NO2/c6-5-3-4-1-2-7-4/h4-6H,1-3H2. The van der Waals surface area contributed by atoms with E-state index in [-0.39, 0.29) is 6.10 Å². The Hall–Kier alpha value is -0.120. The normalized spacial score (nSPS) is 29.6. The third-order valence-electron chi connectivity index (χ3n) is 1.11. The molecule has 1 saturated heterocycles. The average Bonchev–Trinajstić information content (AvgIpc) is 1.55. The van der Waals surface area contributed by atoms with Crippen LogP contribution in [0.25, 0.3) is 0 Å². The summed E-state index contributed by atoms with van der Waals surface area (Å²) in [6.07, 6.45) is 1.35. The molecule has 0 spiro atoms. The number of nitrogens with one attached hydrogen (secondary N) is 1. The lowest BCUT2D eigenvalue weighted by molar-refractivity contribution is -0.0640. The van der Waals surface area contributed by atoms with E-state index < -0.39 is 0 Å². The minimum atomic E-state index is 0.269. The maximum absolute atomic E-state index is 8.07. The Morgan fingerprint density at radius 2 is 2.57 bits per heavy atom. The second kappa shape index (κ2) is 2.26. The van der Waals surface area contributed by atoms with E-state index in [0.717, 1.165) is 13.0 Å². The molecule has 0 aromatic rings. The number of hydroxylamine groups is 1. The number of hydrogen-bond donors (Lipinski definition) is 2. The van der Waals surface area contributed by atoms with Crippen LogP contribution in [-0.2, 0) is 4.74 Å². The van der Waals surface area contributed by atoms with Gasteiger partial charge in [-0.1, -0.05) is 0 Å². The largest absolute Gasteiger partial charge is 0.377 e. The summed E-state index contributed by atoms with van der Waals surface area (Å²) in [5.74, 6) is 0. The van der Waals surface area contributed by atoms with Crippen molar-refractivity contribution in [3.05, 3.63) is 0 Å². The van der Waals surface area contributed by atoms with Crippen LogP contribution in [0.2, 0.25) is 0 Å². The molecule has 3 heteroatoms. The molecule has 0 aromatic heterocycles. The molecule has 1 aliphatic heterocycles. The highest BCUT2D eigenvalue weighted by atomic mass is 16.5. The molecular formula is C4H9NO2. The van der Waals surface area contributed by atoms with E-state index in [9.17, 15) is 0 Å². The van der Waals surface area contributed by atoms with Crippen LogP contribution in [0.1, 0.15) is 6.42 Å². The van der Waals surface area contributed by atoms with Gasteiger partial charge in [-0.05, 0) is 6.42 Å². The van der Waals surface area contributed by atoms with Crippen molar-refractivity contribution in [2.24, 2.45) is 0 Å². The summed E-state index contributed by atoms with van der Waals surface area (Å²) in [5, 5.41) is 8.07. The van der Waals surface area contributed by atoms with Crippen molar-refractivity contribution in [1.29, 1.82) is 0 Å². The Bertz CT molecular complexity index is 53.7. The van der Waals surface area contributed by atoms with E-state index in [1.165, 1.54) is 0 Å². The van der Waals surface area contributed by atoms with E-state index in [1.807, 2.05) is 5.48 Å². The fourth-order valence-electron chi connectivity index (χ4n) is 0.547. The molecule has 1 heterocycles. The van der Waals surface area contributed by atoms with E-state index in [1.54, 1.807) is 0 Å². The van der Waals surface area contributed by atoms with Crippen LogP contribution < -0.4 is 5.48 Å². The van der Waals surface area contributed by atoms with E-state index in [0.29, 0.717) is 6.54 Å². The molecule has 1 atom stereocenters. The monoisotopic (exact) mass is 103 g/mol. The third kappa shape index (κ3) is 1.12. The lowest BCUT2D eigenvalue weighted by atomic mass is 10.2. The Kier molecular flexibility index (Phi) is 1.62. The summed E-state index contributed by atoms with van der Waals surface area (Å²) in [5.41, 5.74) is 2.04. The van der Waals surface area contributed by atoms with Gasteiger partial charge in [-0.15, -0.1) is 0 Å². The zero-order chi connectivity index (χ0) is 5.11. The topological polar surface area (TPSA) is 41.5 Å². The summed E-state index contributed by atoms with van der Waals surface area (Å²) < 4.78 is 4.95. The highest BCUT2D eigenvalue weighted by Gasteiger charge is 2.16. The van der Waals surface area contributed by atoms with Gasteiger partial charge in [-0.25, -0.2) is 5.48 Å². The molecule has 1 rings (SSSR count). The van der Waals surface area contributed by atoms with Gasteiger partial charge in [0.15, 0.2) is 0 Å². The van der Waals surface area contributed by atoms with Crippen molar-refractivity contribution in [1.82, 2.24) is 5.48 Å². The predicted molar refractivity (Wildman–Crippen MR) is 24.1 cm³/mol. The van der Waals surface area contributed by atoms with Crippen molar-refractivity contribution in [2.75, 3.05) is 13.2 Å². The molecule has 0 amide bonds. The Balaban J connectivity index is 1.93. The first-order valence-corrected chi connectivity index (χ1v) is 2.42. The van der Waals surface area contributed by atoms with Crippen LogP contribution in [-0.4, -0.2) is 24.5 Å². The van der Waals surface area contributed by atoms with Gasteiger partial charge >= 0.3 is 0 Å². The van der Waals surface area contributed by atoms with Crippen molar-refractivity contribution in [3.63, 3.8) is 0 Å². The Morgan fingerprint density at radius 1 is 1.86 bits per heavy atom. The highest BCUT2D eigenvalue weighted by Crippen LogP contribution is 2.08. The molecule has 0 bridgehead atoms. The summed E-state index contributed by atoms with van der Waals surface area (Å²) >= 11 is 0. The van der Waals surface area contributed by atoms with Gasteiger partial charge in [0.1, 0.15) is 0 Å². The van der Waals surface area contributed by atoms with Crippen molar-refractivity contribution >= 4 is 0 Å². The Morgan fingerprint density at radius 3 is 2.71 bits per heavy atom. The zero-order valence-electron chi connectivity index (χ0n) is 4.05. The molecule has 7 heavy (non-hydrogen) atoms. The third-order valence-corrected chi connectivity index (χ3v) is 1.11. The van der Waals surface area contributed by atoms with Crippen molar-refractivity contribution in [3.8, 4) is 0 Å². The highest BCUT2D eigenvalue weighted by molar-refractivity contribution is 4.65. The maximum Gasteiger partial charge on any atom is 0.0744 e. The predicted octanol–water partition coefficient (Wildman–Crippen LogP) is -0.246. The molecular weight excluding hydrogens is 94.0 g/mol. The van der Waals surface area contributed by atoms with Gasteiger partial charge < -0.3 is 9.94 Å². The van der Waals surface area contributed by atoms with Gasteiger partial charge in [0, 0.05) is 13.2 Å². The molecule has 1 fully saturated rings. The Labute approximate surface area is 42.2 Å². The summed E-state index contributed by atoms with van der Waals surface area (Å²) in [7, 11) is 0. The zero-order valence-corrected chi connectivity index (χ0v) is 4.05. The van der Waals surface area contributed by atoms with E-state index >= 15 is 0 Å². The van der Waals surface area contributed by atoms with E-state index in [4.69, 9.17) is 9.94 Å². The fraction of sp³-hybridized carbons (Fsp3) is 1.00. The molecule has 0 saturated carbocycles. The molecule has 42 valence electrons. The van der Waals surface area contributed by atoms with Crippen LogP contribution in [0.15, 0.2) is 0 Å². The van der Waals surface area contributed by atoms with Crippen LogP contribution >= 0.6 is 0 Å². The smallest absolute Gasteiger partial charge is 0.0744 e. The molecule has 0 aliphatic carbocycles. The first-order chi connectivity index (χ1) is 3.43. The molecule has 1 unspecified atom stereocenters. The molecule has 2 N–H and O–H groups in total. The number of hydrogen-bond acceptors (Lipinski definition) is 3. The van der Waals surface area contributed by atoms with Crippen molar-refractivity contribution < 1.29 is 9.94 Å². The number of ether oxygens (including phenoxy) is 1. The molecule has 0 aromatic carbocycles. The van der Waals surface area contributed by atoms with Gasteiger partial charge in [-0.3, -0.25) is 0 Å². The van der Waals surface area contributed by atoms with Crippen LogP contribution in [0.4, 0.5) is 0 Å². The minimum absolute atomic E-state index is 0.269. The van der Waals surface area contributed by atoms with Crippen molar-refractivity contribution in [2.45, 2.75) is 12.5 Å². The van der Waals surface area contributed by atoms with Gasteiger partial charge in [0.05, 0.1) is 6.10 Å². The maximum atomic E-state index is 8.07. The SMILES string of the molecule is ONCC1CCO1. The lowest BCUT2D eigenvalue weighted by Gasteiger charge is -2.25. The fourth-order valence-corrected chi connectivity index (χ4v) is 0.547. The lowest BCUT2D eigenvalue weighted by Crippen LogP contribution is -2.35. The first-order valence-electron chi connectivity index (χ1n) is 2.42. The summed E-state index contributed by atoms with van der Waals surface area (Å²) in [6, 6.07) is 0. The van der Waals surface area contributed by atoms with Gasteiger partial charge in [-0.2, -0.15) is 0 Å².